The molecule has 0 aliphatic carbocycles. The van der Waals surface area contributed by atoms with Gasteiger partial charge < -0.3 is 9.47 Å². The average Bonchev–Trinajstić information content (AvgIpc) is 2.19. The number of thiocarbonyl (C=S) groups is 1. The van der Waals surface area contributed by atoms with E-state index in [1.807, 2.05) is 0 Å². The van der Waals surface area contributed by atoms with Gasteiger partial charge in [0.05, 0.1) is 19.4 Å². The fraction of sp³-hybridized carbons (Fsp3) is 0.222. The fourth-order valence-electron chi connectivity index (χ4n) is 0.981. The molecule has 0 spiro atoms. The Hall–Kier alpha value is -1.45. The Labute approximate surface area is 86.2 Å². The smallest absolute Gasteiger partial charge is 0.167 e. The van der Waals surface area contributed by atoms with Gasteiger partial charge in [0.1, 0.15) is 11.4 Å². The average molecular weight is 213 g/mol. The van der Waals surface area contributed by atoms with Crippen LogP contribution in [0.5, 0.6) is 11.5 Å². The van der Waals surface area contributed by atoms with Crippen molar-refractivity contribution in [3.8, 4) is 11.5 Å². The van der Waals surface area contributed by atoms with Crippen molar-refractivity contribution >= 4 is 23.1 Å². The van der Waals surface area contributed by atoms with Crippen LogP contribution in [0.4, 0.5) is 10.1 Å². The third-order valence-corrected chi connectivity index (χ3v) is 1.71. The SMILES string of the molecule is COc1cc(OC)c(N=C=S)cc1F. The summed E-state index contributed by atoms with van der Waals surface area (Å²) in [6.45, 7) is 0. The third kappa shape index (κ3) is 2.07. The number of methoxy groups -OCH3 is 2. The van der Waals surface area contributed by atoms with Gasteiger partial charge >= 0.3 is 0 Å². The Morgan fingerprint density at radius 3 is 2.43 bits per heavy atom. The third-order valence-electron chi connectivity index (χ3n) is 1.62. The summed E-state index contributed by atoms with van der Waals surface area (Å²) in [6, 6.07) is 2.58. The first-order chi connectivity index (χ1) is 6.72. The van der Waals surface area contributed by atoms with Crippen molar-refractivity contribution < 1.29 is 13.9 Å². The minimum atomic E-state index is -0.516. The molecule has 0 unspecified atom stereocenters. The number of hydrogen-bond donors (Lipinski definition) is 0. The summed E-state index contributed by atoms with van der Waals surface area (Å²) in [5, 5.41) is 2.14. The van der Waals surface area contributed by atoms with E-state index in [1.54, 1.807) is 0 Å². The molecule has 0 amide bonds. The highest BCUT2D eigenvalue weighted by molar-refractivity contribution is 7.78. The Morgan fingerprint density at radius 2 is 1.93 bits per heavy atom. The summed E-state index contributed by atoms with van der Waals surface area (Å²) in [6.07, 6.45) is 0. The first kappa shape index (κ1) is 10.6. The zero-order chi connectivity index (χ0) is 10.6. The van der Waals surface area contributed by atoms with Crippen molar-refractivity contribution in [2.75, 3.05) is 14.2 Å². The van der Waals surface area contributed by atoms with Crippen molar-refractivity contribution in [3.63, 3.8) is 0 Å². The maximum atomic E-state index is 13.2. The van der Waals surface area contributed by atoms with Crippen LogP contribution in [0.1, 0.15) is 0 Å². The summed E-state index contributed by atoms with van der Waals surface area (Å²) < 4.78 is 22.9. The van der Waals surface area contributed by atoms with Crippen LogP contribution in [-0.4, -0.2) is 19.4 Å². The van der Waals surface area contributed by atoms with Crippen LogP contribution < -0.4 is 9.47 Å². The molecule has 5 heteroatoms. The second-order valence-electron chi connectivity index (χ2n) is 2.36. The van der Waals surface area contributed by atoms with Gasteiger partial charge in [-0.05, 0) is 12.2 Å². The summed E-state index contributed by atoms with van der Waals surface area (Å²) in [5.41, 5.74) is 0.292. The van der Waals surface area contributed by atoms with Gasteiger partial charge in [-0.2, -0.15) is 4.99 Å². The molecular weight excluding hydrogens is 205 g/mol. The van der Waals surface area contributed by atoms with Gasteiger partial charge in [-0.15, -0.1) is 0 Å². The van der Waals surface area contributed by atoms with Gasteiger partial charge in [0, 0.05) is 12.1 Å². The lowest BCUT2D eigenvalue weighted by Crippen LogP contribution is -1.90. The van der Waals surface area contributed by atoms with E-state index in [2.05, 4.69) is 22.4 Å². The minimum Gasteiger partial charge on any atom is -0.494 e. The molecule has 0 radical (unpaired) electrons. The Balaban J connectivity index is 3.30. The molecule has 0 aromatic heterocycles. The molecule has 0 bridgehead atoms. The number of isothiocyanates is 1. The van der Waals surface area contributed by atoms with E-state index in [1.165, 1.54) is 26.4 Å². The molecule has 1 aromatic rings. The van der Waals surface area contributed by atoms with E-state index < -0.39 is 5.82 Å². The van der Waals surface area contributed by atoms with Crippen molar-refractivity contribution in [1.82, 2.24) is 0 Å². The molecule has 0 aliphatic rings. The van der Waals surface area contributed by atoms with Gasteiger partial charge in [0.2, 0.25) is 0 Å². The highest BCUT2D eigenvalue weighted by atomic mass is 32.1. The Kier molecular flexibility index (Phi) is 3.56. The maximum Gasteiger partial charge on any atom is 0.167 e. The van der Waals surface area contributed by atoms with Crippen LogP contribution in [-0.2, 0) is 0 Å². The molecule has 0 aliphatic heterocycles. The number of benzene rings is 1. The first-order valence-electron chi connectivity index (χ1n) is 3.72. The second-order valence-corrected chi connectivity index (χ2v) is 2.54. The van der Waals surface area contributed by atoms with Crippen molar-refractivity contribution in [3.05, 3.63) is 17.9 Å². The number of halogens is 1. The van der Waals surface area contributed by atoms with E-state index in [0.717, 1.165) is 0 Å². The summed E-state index contributed by atoms with van der Waals surface area (Å²) in [4.78, 5) is 3.66. The van der Waals surface area contributed by atoms with E-state index in [4.69, 9.17) is 9.47 Å². The summed E-state index contributed by atoms with van der Waals surface area (Å²) in [5.74, 6) is -0.0249. The molecule has 0 fully saturated rings. The first-order valence-corrected chi connectivity index (χ1v) is 4.13. The van der Waals surface area contributed by atoms with Crippen LogP contribution in [0.15, 0.2) is 17.1 Å². The molecule has 0 saturated carbocycles. The lowest BCUT2D eigenvalue weighted by atomic mass is 10.2. The number of hydrogen-bond acceptors (Lipinski definition) is 4. The molecule has 14 heavy (non-hydrogen) atoms. The van der Waals surface area contributed by atoms with Crippen molar-refractivity contribution in [2.45, 2.75) is 0 Å². The molecule has 0 heterocycles. The van der Waals surface area contributed by atoms with Gasteiger partial charge in [0.25, 0.3) is 0 Å². The van der Waals surface area contributed by atoms with Gasteiger partial charge in [-0.1, -0.05) is 0 Å². The van der Waals surface area contributed by atoms with Crippen LogP contribution in [0.3, 0.4) is 0 Å². The van der Waals surface area contributed by atoms with E-state index in [-0.39, 0.29) is 5.75 Å². The van der Waals surface area contributed by atoms with Gasteiger partial charge in [-0.3, -0.25) is 0 Å². The number of aliphatic imine (C=N–C) groups is 1. The largest absolute Gasteiger partial charge is 0.494 e. The molecule has 3 nitrogen and oxygen atoms in total. The lowest BCUT2D eigenvalue weighted by Gasteiger charge is -2.06. The number of nitrogens with zero attached hydrogens (tertiary/aromatic N) is 1. The Morgan fingerprint density at radius 1 is 1.29 bits per heavy atom. The highest BCUT2D eigenvalue weighted by Gasteiger charge is 2.09. The van der Waals surface area contributed by atoms with Gasteiger partial charge in [0.15, 0.2) is 11.6 Å². The van der Waals surface area contributed by atoms with Crippen LogP contribution in [0, 0.1) is 5.82 Å². The monoisotopic (exact) mass is 213 g/mol. The number of ether oxygens (including phenoxy) is 2. The standard InChI is InChI=1S/C9H8FNO2S/c1-12-8-4-9(13-2)7(11-5-14)3-6(8)10/h3-4H,1-2H3. The van der Waals surface area contributed by atoms with Gasteiger partial charge in [-0.25, -0.2) is 4.39 Å². The highest BCUT2D eigenvalue weighted by Crippen LogP contribution is 2.33. The van der Waals surface area contributed by atoms with Crippen molar-refractivity contribution in [2.24, 2.45) is 4.99 Å². The summed E-state index contributed by atoms with van der Waals surface area (Å²) in [7, 11) is 2.83. The maximum absolute atomic E-state index is 13.2. The Bertz CT molecular complexity index is 389. The van der Waals surface area contributed by atoms with Crippen LogP contribution >= 0.6 is 12.2 Å². The molecule has 0 N–H and O–H groups in total. The van der Waals surface area contributed by atoms with E-state index >= 15 is 0 Å². The van der Waals surface area contributed by atoms with E-state index in [9.17, 15) is 4.39 Å². The zero-order valence-electron chi connectivity index (χ0n) is 7.70. The normalized spacial score (nSPS) is 9.07. The molecule has 0 atom stereocenters. The lowest BCUT2D eigenvalue weighted by molar-refractivity contribution is 0.374. The molecular formula is C9H8FNO2S. The van der Waals surface area contributed by atoms with Crippen LogP contribution in [0.2, 0.25) is 0 Å². The van der Waals surface area contributed by atoms with E-state index in [0.29, 0.717) is 11.4 Å². The predicted molar refractivity (Wildman–Crippen MR) is 54.2 cm³/mol. The second kappa shape index (κ2) is 4.69. The minimum absolute atomic E-state index is 0.102. The van der Waals surface area contributed by atoms with Crippen LogP contribution in [0.25, 0.3) is 0 Å². The molecule has 1 aromatic carbocycles. The predicted octanol–water partition coefficient (Wildman–Crippen LogP) is 2.58. The zero-order valence-corrected chi connectivity index (χ0v) is 8.52. The topological polar surface area (TPSA) is 30.8 Å². The number of rotatable bonds is 3. The molecule has 0 saturated heterocycles. The summed E-state index contributed by atoms with van der Waals surface area (Å²) >= 11 is 4.42. The molecule has 1 rings (SSSR count). The quantitative estimate of drug-likeness (QED) is 0.571. The molecule has 74 valence electrons. The fourth-order valence-corrected chi connectivity index (χ4v) is 1.08. The van der Waals surface area contributed by atoms with Crippen molar-refractivity contribution in [1.29, 1.82) is 0 Å².